The lowest BCUT2D eigenvalue weighted by Gasteiger charge is -2.26. The third-order valence-electron chi connectivity index (χ3n) is 7.04. The normalized spacial score (nSPS) is 14.1. The Labute approximate surface area is 245 Å². The molecule has 0 bridgehead atoms. The van der Waals surface area contributed by atoms with E-state index in [9.17, 15) is 18.4 Å². The molecule has 1 fully saturated rings. The highest BCUT2D eigenvalue weighted by molar-refractivity contribution is 6.01. The number of imidazole rings is 1. The molecule has 3 aromatic rings. The van der Waals surface area contributed by atoms with Gasteiger partial charge in [0.25, 0.3) is 5.91 Å². The van der Waals surface area contributed by atoms with Crippen LogP contribution in [0.2, 0.25) is 0 Å². The molecule has 42 heavy (non-hydrogen) atoms. The van der Waals surface area contributed by atoms with Crippen molar-refractivity contribution in [3.8, 4) is 22.8 Å². The Hall–Kier alpha value is -3.89. The molecule has 2 heterocycles. The molecule has 1 saturated carbocycles. The van der Waals surface area contributed by atoms with Crippen LogP contribution in [0.5, 0.6) is 11.5 Å². The number of nitrogens with zero attached hydrogens (tertiary/aromatic N) is 3. The van der Waals surface area contributed by atoms with E-state index in [0.29, 0.717) is 23.4 Å². The molecule has 11 heteroatoms. The quantitative estimate of drug-likeness (QED) is 0.256. The van der Waals surface area contributed by atoms with E-state index in [1.165, 1.54) is 6.07 Å². The fourth-order valence-electron chi connectivity index (χ4n) is 4.76. The average molecular weight is 587 g/mol. The van der Waals surface area contributed by atoms with Crippen LogP contribution >= 0.6 is 0 Å². The van der Waals surface area contributed by atoms with Gasteiger partial charge in [0.1, 0.15) is 28.3 Å². The Kier molecular flexibility index (Phi) is 9.58. The van der Waals surface area contributed by atoms with Gasteiger partial charge in [-0.1, -0.05) is 6.92 Å². The third kappa shape index (κ3) is 7.68. The van der Waals surface area contributed by atoms with Gasteiger partial charge < -0.3 is 24.4 Å². The number of ether oxygens (including phenoxy) is 3. The van der Waals surface area contributed by atoms with Gasteiger partial charge in [-0.2, -0.15) is 8.78 Å². The third-order valence-corrected chi connectivity index (χ3v) is 7.04. The summed E-state index contributed by atoms with van der Waals surface area (Å²) in [5.74, 6) is -0.417. The van der Waals surface area contributed by atoms with Crippen LogP contribution in [-0.2, 0) is 4.74 Å². The predicted molar refractivity (Wildman–Crippen MR) is 155 cm³/mol. The first-order chi connectivity index (χ1) is 19.9. The summed E-state index contributed by atoms with van der Waals surface area (Å²) in [7, 11) is 1.73. The van der Waals surface area contributed by atoms with E-state index in [1.807, 2.05) is 43.5 Å². The van der Waals surface area contributed by atoms with Gasteiger partial charge in [0.2, 0.25) is 0 Å². The Morgan fingerprint density at radius 3 is 2.50 bits per heavy atom. The van der Waals surface area contributed by atoms with Crippen molar-refractivity contribution < 1.29 is 32.6 Å². The van der Waals surface area contributed by atoms with Crippen LogP contribution in [0.3, 0.4) is 0 Å². The maximum atomic E-state index is 13.4. The summed E-state index contributed by atoms with van der Waals surface area (Å²) in [6.07, 6.45) is 6.48. The zero-order valence-corrected chi connectivity index (χ0v) is 25.1. The van der Waals surface area contributed by atoms with E-state index >= 15 is 0 Å². The lowest BCUT2D eigenvalue weighted by atomic mass is 9.94. The van der Waals surface area contributed by atoms with Crippen molar-refractivity contribution in [1.29, 1.82) is 0 Å². The standard InChI is InChI=1S/C31H40F2N4O5/c1-7-19(11-13-36(6)30(39)42-31(3,4)5)20-12-14-37-23(18-34-26(37)17-20)21-15-24(40-8-2)27(25(16-21)41-29(32)33)28(38)35-22-9-10-22/h12,14-19,22,29H,7-11,13H2,1-6H3,(H,35,38). The number of fused-ring (bicyclic) bond motifs is 1. The van der Waals surface area contributed by atoms with Gasteiger partial charge in [-0.05, 0) is 89.1 Å². The molecule has 0 spiro atoms. The fraction of sp³-hybridized carbons (Fsp3) is 0.516. The molecule has 1 unspecified atom stereocenters. The molecular formula is C31H40F2N4O5. The van der Waals surface area contributed by atoms with E-state index in [4.69, 9.17) is 14.2 Å². The maximum Gasteiger partial charge on any atom is 0.410 e. The van der Waals surface area contributed by atoms with E-state index in [0.717, 1.165) is 31.2 Å². The lowest BCUT2D eigenvalue weighted by Crippen LogP contribution is -2.35. The van der Waals surface area contributed by atoms with Gasteiger partial charge in [-0.25, -0.2) is 9.78 Å². The number of benzene rings is 1. The first-order valence-corrected chi connectivity index (χ1v) is 14.4. The molecule has 1 aliphatic rings. The highest BCUT2D eigenvalue weighted by Crippen LogP contribution is 2.37. The number of pyridine rings is 1. The number of nitrogens with one attached hydrogen (secondary N) is 1. The minimum absolute atomic E-state index is 0.0312. The molecule has 1 aliphatic carbocycles. The molecule has 228 valence electrons. The number of aromatic nitrogens is 2. The second-order valence-electron chi connectivity index (χ2n) is 11.5. The lowest BCUT2D eigenvalue weighted by molar-refractivity contribution is -0.0502. The van der Waals surface area contributed by atoms with Crippen molar-refractivity contribution in [2.24, 2.45) is 0 Å². The zero-order chi connectivity index (χ0) is 30.6. The Bertz CT molecular complexity index is 1410. The molecule has 1 aromatic carbocycles. The number of halogens is 2. The molecular weight excluding hydrogens is 546 g/mol. The van der Waals surface area contributed by atoms with Gasteiger partial charge in [0.15, 0.2) is 0 Å². The van der Waals surface area contributed by atoms with Crippen LogP contribution in [0.1, 0.15) is 82.1 Å². The number of hydrogen-bond donors (Lipinski definition) is 1. The summed E-state index contributed by atoms with van der Waals surface area (Å²) in [5.41, 5.74) is 2.28. The van der Waals surface area contributed by atoms with Crippen LogP contribution in [0.25, 0.3) is 16.9 Å². The first kappa shape index (κ1) is 31.1. The molecule has 0 aliphatic heterocycles. The number of carbonyl (C=O) groups excluding carboxylic acids is 2. The summed E-state index contributed by atoms with van der Waals surface area (Å²) in [5, 5.41) is 2.83. The molecule has 0 radical (unpaired) electrons. The Morgan fingerprint density at radius 2 is 1.88 bits per heavy atom. The second kappa shape index (κ2) is 13.0. The van der Waals surface area contributed by atoms with Gasteiger partial charge in [0, 0.05) is 31.4 Å². The summed E-state index contributed by atoms with van der Waals surface area (Å²) in [4.78, 5) is 31.5. The minimum atomic E-state index is -3.12. The van der Waals surface area contributed by atoms with Crippen molar-refractivity contribution in [1.82, 2.24) is 19.6 Å². The van der Waals surface area contributed by atoms with Crippen LogP contribution in [0, 0.1) is 0 Å². The summed E-state index contributed by atoms with van der Waals surface area (Å²) < 4.78 is 44.7. The van der Waals surface area contributed by atoms with Gasteiger partial charge in [0.05, 0.1) is 18.5 Å². The Balaban J connectivity index is 1.61. The number of rotatable bonds is 12. The number of amides is 2. The van der Waals surface area contributed by atoms with Crippen molar-refractivity contribution in [3.63, 3.8) is 0 Å². The summed E-state index contributed by atoms with van der Waals surface area (Å²) in [6, 6.07) is 7.10. The average Bonchev–Trinajstić information content (AvgIpc) is 3.62. The number of carbonyl (C=O) groups is 2. The molecule has 0 saturated heterocycles. The van der Waals surface area contributed by atoms with Crippen molar-refractivity contribution in [2.45, 2.75) is 84.5 Å². The molecule has 1 N–H and O–H groups in total. The smallest absolute Gasteiger partial charge is 0.410 e. The van der Waals surface area contributed by atoms with Crippen LogP contribution in [-0.4, -0.2) is 64.7 Å². The van der Waals surface area contributed by atoms with E-state index < -0.39 is 18.1 Å². The topological polar surface area (TPSA) is 94.4 Å². The second-order valence-corrected chi connectivity index (χ2v) is 11.5. The molecule has 2 amide bonds. The first-order valence-electron chi connectivity index (χ1n) is 14.4. The summed E-state index contributed by atoms with van der Waals surface area (Å²) >= 11 is 0. The molecule has 1 atom stereocenters. The van der Waals surface area contributed by atoms with Gasteiger partial charge >= 0.3 is 12.7 Å². The van der Waals surface area contributed by atoms with Crippen LogP contribution < -0.4 is 14.8 Å². The van der Waals surface area contributed by atoms with Crippen LogP contribution in [0.4, 0.5) is 13.6 Å². The van der Waals surface area contributed by atoms with Gasteiger partial charge in [-0.3, -0.25) is 9.20 Å². The Morgan fingerprint density at radius 1 is 1.17 bits per heavy atom. The number of hydrogen-bond acceptors (Lipinski definition) is 6. The fourth-order valence-corrected chi connectivity index (χ4v) is 4.76. The van der Waals surface area contributed by atoms with Crippen molar-refractivity contribution in [2.75, 3.05) is 20.2 Å². The largest absolute Gasteiger partial charge is 0.493 e. The minimum Gasteiger partial charge on any atom is -0.493 e. The van der Waals surface area contributed by atoms with Crippen molar-refractivity contribution >= 4 is 17.6 Å². The van der Waals surface area contributed by atoms with E-state index in [-0.39, 0.29) is 41.7 Å². The zero-order valence-electron chi connectivity index (χ0n) is 25.1. The SMILES string of the molecule is CCOc1cc(-c2cnc3cc(C(CC)CCN(C)C(=O)OC(C)(C)C)ccn23)cc(OC(F)F)c1C(=O)NC1CC1. The summed E-state index contributed by atoms with van der Waals surface area (Å²) in [6.45, 7) is 7.02. The van der Waals surface area contributed by atoms with Crippen molar-refractivity contribution in [3.05, 3.63) is 47.8 Å². The van der Waals surface area contributed by atoms with E-state index in [1.54, 1.807) is 31.1 Å². The highest BCUT2D eigenvalue weighted by atomic mass is 19.3. The van der Waals surface area contributed by atoms with E-state index in [2.05, 4.69) is 17.2 Å². The molecule has 2 aromatic heterocycles. The predicted octanol–water partition coefficient (Wildman–Crippen LogP) is 6.64. The number of alkyl halides is 2. The monoisotopic (exact) mass is 586 g/mol. The van der Waals surface area contributed by atoms with Crippen LogP contribution in [0.15, 0.2) is 36.7 Å². The highest BCUT2D eigenvalue weighted by Gasteiger charge is 2.29. The molecule has 9 nitrogen and oxygen atoms in total. The maximum absolute atomic E-state index is 13.4. The van der Waals surface area contributed by atoms with Gasteiger partial charge in [-0.15, -0.1) is 0 Å². The molecule has 4 rings (SSSR count).